The van der Waals surface area contributed by atoms with Gasteiger partial charge in [-0.15, -0.1) is 0 Å². The molecule has 3 fully saturated rings. The normalized spacial score (nSPS) is 39.4. The minimum atomic E-state index is -0.199. The highest BCUT2D eigenvalue weighted by molar-refractivity contribution is 5.87. The van der Waals surface area contributed by atoms with Crippen molar-refractivity contribution in [3.05, 3.63) is 29.3 Å². The quantitative estimate of drug-likeness (QED) is 0.807. The molecule has 1 saturated heterocycles. The number of rotatable bonds is 2. The van der Waals surface area contributed by atoms with Crippen LogP contribution in [0.25, 0.3) is 0 Å². The number of carbonyl (C=O) groups excluding carboxylic acids is 1. The summed E-state index contributed by atoms with van der Waals surface area (Å²) in [4.78, 5) is 12.8. The third-order valence-electron chi connectivity index (χ3n) is 7.93. The fourth-order valence-corrected chi connectivity index (χ4v) is 6.73. The third-order valence-corrected chi connectivity index (χ3v) is 7.93. The number of aryl methyl sites for hydroxylation is 1. The third kappa shape index (κ3) is 2.06. The van der Waals surface area contributed by atoms with Crippen molar-refractivity contribution in [1.82, 2.24) is 0 Å². The Morgan fingerprint density at radius 1 is 1.12 bits per heavy atom. The van der Waals surface area contributed by atoms with Gasteiger partial charge in [-0.05, 0) is 67.2 Å². The van der Waals surface area contributed by atoms with Crippen LogP contribution in [0.3, 0.4) is 0 Å². The van der Waals surface area contributed by atoms with E-state index in [-0.39, 0.29) is 17.1 Å². The molecule has 0 aromatic heterocycles. The number of Topliss-reactive ketones (excluding diaryl/α,β-unsaturated/α-hetero) is 1. The lowest BCUT2D eigenvalue weighted by molar-refractivity contribution is -0.203. The zero-order chi connectivity index (χ0) is 17.9. The number of methoxy groups -OCH3 is 1. The van der Waals surface area contributed by atoms with Gasteiger partial charge in [0, 0.05) is 17.3 Å². The van der Waals surface area contributed by atoms with E-state index in [0.29, 0.717) is 30.8 Å². The lowest BCUT2D eigenvalue weighted by atomic mass is 9.47. The summed E-state index contributed by atoms with van der Waals surface area (Å²) in [7, 11) is 1.73. The van der Waals surface area contributed by atoms with Crippen molar-refractivity contribution in [1.29, 1.82) is 0 Å². The van der Waals surface area contributed by atoms with E-state index in [4.69, 9.17) is 14.2 Å². The minimum absolute atomic E-state index is 0.0722. The molecule has 1 heterocycles. The fourth-order valence-electron chi connectivity index (χ4n) is 6.73. The smallest absolute Gasteiger partial charge is 0.164 e. The van der Waals surface area contributed by atoms with Gasteiger partial charge < -0.3 is 14.2 Å². The first-order valence-corrected chi connectivity index (χ1v) is 10.0. The highest BCUT2D eigenvalue weighted by Gasteiger charge is 2.65. The second-order valence-corrected chi connectivity index (χ2v) is 8.77. The van der Waals surface area contributed by atoms with Gasteiger partial charge in [0.05, 0.1) is 20.3 Å². The molecule has 1 aromatic carbocycles. The Hall–Kier alpha value is -1.39. The van der Waals surface area contributed by atoms with Gasteiger partial charge in [-0.2, -0.15) is 0 Å². The first-order valence-electron chi connectivity index (χ1n) is 10.0. The maximum atomic E-state index is 12.8. The van der Waals surface area contributed by atoms with Crippen LogP contribution >= 0.6 is 0 Å². The van der Waals surface area contributed by atoms with Crippen LogP contribution < -0.4 is 4.74 Å². The molecule has 2 saturated carbocycles. The predicted molar refractivity (Wildman–Crippen MR) is 97.3 cm³/mol. The Morgan fingerprint density at radius 3 is 2.69 bits per heavy atom. The van der Waals surface area contributed by atoms with E-state index >= 15 is 0 Å². The van der Waals surface area contributed by atoms with Crippen LogP contribution in [0.2, 0.25) is 0 Å². The van der Waals surface area contributed by atoms with Gasteiger partial charge in [0.1, 0.15) is 11.5 Å². The number of ketones is 1. The van der Waals surface area contributed by atoms with Crippen molar-refractivity contribution >= 4 is 5.78 Å². The molecule has 0 amide bonds. The average Bonchev–Trinajstić information content (AvgIpc) is 3.30. The SMILES string of the molecule is COc1ccc2c(c1)CC[C@]1(C3OCCO3)C2CC[C@]2(C)C(=O)CCC12. The van der Waals surface area contributed by atoms with Crippen LogP contribution in [-0.4, -0.2) is 32.4 Å². The molecule has 1 aromatic rings. The van der Waals surface area contributed by atoms with E-state index in [2.05, 4.69) is 25.1 Å². The average molecular weight is 356 g/mol. The van der Waals surface area contributed by atoms with Gasteiger partial charge in [-0.3, -0.25) is 4.79 Å². The molecule has 26 heavy (non-hydrogen) atoms. The monoisotopic (exact) mass is 356 g/mol. The summed E-state index contributed by atoms with van der Waals surface area (Å²) in [5.41, 5.74) is 2.56. The van der Waals surface area contributed by atoms with E-state index in [1.807, 2.05) is 0 Å². The van der Waals surface area contributed by atoms with E-state index in [0.717, 1.165) is 44.3 Å². The molecule has 4 heteroatoms. The summed E-state index contributed by atoms with van der Waals surface area (Å²) < 4.78 is 17.7. The molecule has 5 rings (SSSR count). The van der Waals surface area contributed by atoms with E-state index in [1.54, 1.807) is 7.11 Å². The van der Waals surface area contributed by atoms with Crippen LogP contribution in [0.5, 0.6) is 5.75 Å². The molecule has 140 valence electrons. The van der Waals surface area contributed by atoms with Gasteiger partial charge >= 0.3 is 0 Å². The first kappa shape index (κ1) is 16.8. The van der Waals surface area contributed by atoms with Gasteiger partial charge in [0.25, 0.3) is 0 Å². The van der Waals surface area contributed by atoms with E-state index < -0.39 is 0 Å². The maximum absolute atomic E-state index is 12.8. The molecule has 2 unspecified atom stereocenters. The Bertz CT molecular complexity index is 738. The Balaban J connectivity index is 1.64. The fraction of sp³-hybridized carbons (Fsp3) is 0.682. The Kier molecular flexibility index (Phi) is 3.74. The molecule has 0 radical (unpaired) electrons. The topological polar surface area (TPSA) is 44.8 Å². The molecule has 4 atom stereocenters. The molecule has 0 spiro atoms. The lowest BCUT2D eigenvalue weighted by Gasteiger charge is -2.58. The summed E-state index contributed by atoms with van der Waals surface area (Å²) >= 11 is 0. The predicted octanol–water partition coefficient (Wildman–Crippen LogP) is 3.86. The number of benzene rings is 1. The van der Waals surface area contributed by atoms with Gasteiger partial charge in [-0.25, -0.2) is 0 Å². The van der Waals surface area contributed by atoms with E-state index in [9.17, 15) is 4.79 Å². The van der Waals surface area contributed by atoms with Crippen molar-refractivity contribution in [2.24, 2.45) is 16.7 Å². The molecule has 1 aliphatic heterocycles. The zero-order valence-corrected chi connectivity index (χ0v) is 15.8. The molecule has 4 aliphatic rings. The van der Waals surface area contributed by atoms with Crippen molar-refractivity contribution < 1.29 is 19.0 Å². The largest absolute Gasteiger partial charge is 0.497 e. The number of hydrogen-bond acceptors (Lipinski definition) is 4. The second-order valence-electron chi connectivity index (χ2n) is 8.77. The van der Waals surface area contributed by atoms with Crippen LogP contribution in [0.15, 0.2) is 18.2 Å². The molecular formula is C22H28O4. The molecule has 0 bridgehead atoms. The number of hydrogen-bond donors (Lipinski definition) is 0. The number of ether oxygens (including phenoxy) is 3. The minimum Gasteiger partial charge on any atom is -0.497 e. The Labute approximate surface area is 155 Å². The maximum Gasteiger partial charge on any atom is 0.164 e. The van der Waals surface area contributed by atoms with Gasteiger partial charge in [0.15, 0.2) is 6.29 Å². The van der Waals surface area contributed by atoms with Crippen molar-refractivity contribution in [2.75, 3.05) is 20.3 Å². The number of carbonyl (C=O) groups is 1. The van der Waals surface area contributed by atoms with Crippen LogP contribution in [0, 0.1) is 16.7 Å². The first-order chi connectivity index (χ1) is 12.6. The summed E-state index contributed by atoms with van der Waals surface area (Å²) in [6.07, 6.45) is 5.61. The van der Waals surface area contributed by atoms with E-state index in [1.165, 1.54) is 11.1 Å². The lowest BCUT2D eigenvalue weighted by Crippen LogP contribution is -2.56. The van der Waals surface area contributed by atoms with Crippen LogP contribution in [0.4, 0.5) is 0 Å². The highest BCUT2D eigenvalue weighted by Crippen LogP contribution is 2.68. The van der Waals surface area contributed by atoms with Crippen molar-refractivity contribution in [3.8, 4) is 5.75 Å². The zero-order valence-electron chi connectivity index (χ0n) is 15.8. The summed E-state index contributed by atoms with van der Waals surface area (Å²) in [5, 5.41) is 0. The Morgan fingerprint density at radius 2 is 1.92 bits per heavy atom. The molecule has 3 aliphatic carbocycles. The van der Waals surface area contributed by atoms with Crippen molar-refractivity contribution in [2.45, 2.75) is 57.7 Å². The van der Waals surface area contributed by atoms with Gasteiger partial charge in [-0.1, -0.05) is 13.0 Å². The van der Waals surface area contributed by atoms with Gasteiger partial charge in [0.2, 0.25) is 0 Å². The molecular weight excluding hydrogens is 328 g/mol. The number of fused-ring (bicyclic) bond motifs is 5. The molecule has 4 nitrogen and oxygen atoms in total. The summed E-state index contributed by atoms with van der Waals surface area (Å²) in [6.45, 7) is 3.56. The second kappa shape index (κ2) is 5.80. The van der Waals surface area contributed by atoms with Crippen molar-refractivity contribution in [3.63, 3.8) is 0 Å². The highest BCUT2D eigenvalue weighted by atomic mass is 16.7. The molecule has 0 N–H and O–H groups in total. The van der Waals surface area contributed by atoms with Crippen LogP contribution in [0.1, 0.15) is 56.1 Å². The standard InChI is InChI=1S/C22H28O4/c1-21-9-8-17-16-4-3-15(24-2)13-14(16)7-10-22(17,20-25-11-12-26-20)18(21)5-6-19(21)23/h3-4,13,17-18,20H,5-12H2,1-2H3/t17?,18?,21-,22-/m0/s1. The summed E-state index contributed by atoms with van der Waals surface area (Å²) in [5.74, 6) is 2.16. The van der Waals surface area contributed by atoms with Crippen LogP contribution in [-0.2, 0) is 20.7 Å². The summed E-state index contributed by atoms with van der Waals surface area (Å²) in [6, 6.07) is 6.53.